The highest BCUT2D eigenvalue weighted by Crippen LogP contribution is 2.27. The van der Waals surface area contributed by atoms with Gasteiger partial charge in [0.15, 0.2) is 0 Å². The summed E-state index contributed by atoms with van der Waals surface area (Å²) in [6.07, 6.45) is 0. The Morgan fingerprint density at radius 3 is 2.13 bits per heavy atom. The molecular formula is C29H34ClN3O5S. The molecule has 1 atom stereocenters. The number of ether oxygens (including phenoxy) is 1. The second kappa shape index (κ2) is 13.5. The third-order valence-electron chi connectivity index (χ3n) is 6.11. The number of sulfonamides is 1. The number of carbonyl (C=O) groups excluding carboxylic acids is 2. The van der Waals surface area contributed by atoms with Crippen molar-refractivity contribution in [2.24, 2.45) is 0 Å². The molecule has 0 aliphatic heterocycles. The van der Waals surface area contributed by atoms with E-state index in [1.54, 1.807) is 74.5 Å². The van der Waals surface area contributed by atoms with Crippen LogP contribution in [0.5, 0.6) is 5.75 Å². The molecule has 0 aliphatic rings. The lowest BCUT2D eigenvalue weighted by Crippen LogP contribution is -2.51. The average molecular weight is 572 g/mol. The van der Waals surface area contributed by atoms with Gasteiger partial charge >= 0.3 is 0 Å². The zero-order chi connectivity index (χ0) is 28.6. The van der Waals surface area contributed by atoms with E-state index >= 15 is 0 Å². The summed E-state index contributed by atoms with van der Waals surface area (Å²) in [6.45, 7) is 7.56. The summed E-state index contributed by atoms with van der Waals surface area (Å²) in [7, 11) is -4.13. The summed E-state index contributed by atoms with van der Waals surface area (Å²) in [5, 5.41) is 3.28. The third kappa shape index (κ3) is 7.74. The summed E-state index contributed by atoms with van der Waals surface area (Å²) >= 11 is 6.02. The molecule has 10 heteroatoms. The second-order valence-corrected chi connectivity index (χ2v) is 11.3. The summed E-state index contributed by atoms with van der Waals surface area (Å²) in [4.78, 5) is 28.0. The van der Waals surface area contributed by atoms with Crippen LogP contribution in [0.1, 0.15) is 31.9 Å². The first-order valence-electron chi connectivity index (χ1n) is 12.7. The van der Waals surface area contributed by atoms with Gasteiger partial charge in [0.2, 0.25) is 11.8 Å². The Bertz CT molecular complexity index is 1360. The minimum absolute atomic E-state index is 0.0517. The number of aryl methyl sites for hydroxylation is 1. The maximum Gasteiger partial charge on any atom is 0.264 e. The summed E-state index contributed by atoms with van der Waals surface area (Å²) in [5.41, 5.74) is 1.95. The van der Waals surface area contributed by atoms with Crippen LogP contribution in [0.3, 0.4) is 0 Å². The van der Waals surface area contributed by atoms with Crippen LogP contribution >= 0.6 is 11.6 Å². The van der Waals surface area contributed by atoms with Crippen LogP contribution in [0.25, 0.3) is 0 Å². The molecule has 8 nitrogen and oxygen atoms in total. The van der Waals surface area contributed by atoms with Crippen molar-refractivity contribution in [3.63, 3.8) is 0 Å². The molecule has 0 bridgehead atoms. The van der Waals surface area contributed by atoms with E-state index in [1.807, 2.05) is 13.8 Å². The molecule has 0 heterocycles. The van der Waals surface area contributed by atoms with Gasteiger partial charge < -0.3 is 15.0 Å². The van der Waals surface area contributed by atoms with Gasteiger partial charge in [-0.2, -0.15) is 0 Å². The lowest BCUT2D eigenvalue weighted by Gasteiger charge is -2.32. The molecule has 3 rings (SSSR count). The normalized spacial score (nSPS) is 11.9. The Hall–Kier alpha value is -3.56. The van der Waals surface area contributed by atoms with Crippen molar-refractivity contribution in [2.45, 2.75) is 45.2 Å². The zero-order valence-corrected chi connectivity index (χ0v) is 24.1. The lowest BCUT2D eigenvalue weighted by molar-refractivity contribution is -0.139. The van der Waals surface area contributed by atoms with E-state index in [0.717, 1.165) is 15.4 Å². The molecule has 0 fully saturated rings. The summed E-state index contributed by atoms with van der Waals surface area (Å²) in [6, 6.07) is 19.0. The van der Waals surface area contributed by atoms with Crippen LogP contribution in [0.4, 0.5) is 5.69 Å². The van der Waals surface area contributed by atoms with Gasteiger partial charge in [0.1, 0.15) is 18.3 Å². The van der Waals surface area contributed by atoms with Crippen LogP contribution in [0, 0.1) is 6.92 Å². The zero-order valence-electron chi connectivity index (χ0n) is 22.6. The first kappa shape index (κ1) is 30.0. The monoisotopic (exact) mass is 571 g/mol. The van der Waals surface area contributed by atoms with E-state index in [2.05, 4.69) is 5.32 Å². The van der Waals surface area contributed by atoms with Gasteiger partial charge in [-0.25, -0.2) is 8.42 Å². The predicted octanol–water partition coefficient (Wildman–Crippen LogP) is 4.80. The molecule has 0 spiro atoms. The molecule has 0 saturated heterocycles. The molecule has 3 aromatic rings. The quantitative estimate of drug-likeness (QED) is 0.337. The Morgan fingerprint density at radius 1 is 0.949 bits per heavy atom. The molecule has 0 saturated carbocycles. The van der Waals surface area contributed by atoms with Crippen molar-refractivity contribution in [1.29, 1.82) is 0 Å². The fourth-order valence-corrected chi connectivity index (χ4v) is 5.47. The van der Waals surface area contributed by atoms with Gasteiger partial charge in [0.05, 0.1) is 17.2 Å². The SMILES string of the molecule is CCNC(=O)[C@@H](C)N(Cc1ccc(Cl)cc1)C(=O)CN(c1ccc(OCC)cc1)S(=O)(=O)c1ccc(C)cc1. The fraction of sp³-hybridized carbons (Fsp3) is 0.310. The maximum atomic E-state index is 13.8. The van der Waals surface area contributed by atoms with Crippen molar-refractivity contribution in [3.8, 4) is 5.75 Å². The highest BCUT2D eigenvalue weighted by atomic mass is 35.5. The number of anilines is 1. The van der Waals surface area contributed by atoms with Gasteiger partial charge in [-0.15, -0.1) is 0 Å². The molecule has 0 unspecified atom stereocenters. The van der Waals surface area contributed by atoms with E-state index in [-0.39, 0.29) is 17.3 Å². The van der Waals surface area contributed by atoms with Crippen molar-refractivity contribution in [3.05, 3.63) is 88.9 Å². The van der Waals surface area contributed by atoms with E-state index in [9.17, 15) is 18.0 Å². The minimum Gasteiger partial charge on any atom is -0.494 e. The minimum atomic E-state index is -4.13. The van der Waals surface area contributed by atoms with Crippen LogP contribution in [-0.4, -0.2) is 50.9 Å². The Kier molecular flexibility index (Phi) is 10.4. The highest BCUT2D eigenvalue weighted by Gasteiger charge is 2.32. The lowest BCUT2D eigenvalue weighted by atomic mass is 10.1. The van der Waals surface area contributed by atoms with E-state index in [0.29, 0.717) is 29.6 Å². The van der Waals surface area contributed by atoms with E-state index in [1.165, 1.54) is 17.0 Å². The highest BCUT2D eigenvalue weighted by molar-refractivity contribution is 7.92. The topological polar surface area (TPSA) is 96.0 Å². The van der Waals surface area contributed by atoms with Crippen molar-refractivity contribution < 1.29 is 22.7 Å². The van der Waals surface area contributed by atoms with E-state index < -0.39 is 28.5 Å². The number of nitrogens with zero attached hydrogens (tertiary/aromatic N) is 2. The van der Waals surface area contributed by atoms with Crippen LogP contribution < -0.4 is 14.4 Å². The molecule has 0 radical (unpaired) electrons. The number of likely N-dealkylation sites (N-methyl/N-ethyl adjacent to an activating group) is 1. The fourth-order valence-electron chi connectivity index (χ4n) is 3.93. The first-order chi connectivity index (χ1) is 18.6. The Balaban J connectivity index is 2.02. The number of nitrogens with one attached hydrogen (secondary N) is 1. The van der Waals surface area contributed by atoms with Crippen LogP contribution in [-0.2, 0) is 26.2 Å². The van der Waals surface area contributed by atoms with Crippen molar-refractivity contribution in [1.82, 2.24) is 10.2 Å². The van der Waals surface area contributed by atoms with Gasteiger partial charge in [-0.3, -0.25) is 13.9 Å². The van der Waals surface area contributed by atoms with Gasteiger partial charge in [-0.1, -0.05) is 41.4 Å². The summed E-state index contributed by atoms with van der Waals surface area (Å²) in [5.74, 6) is -0.295. The molecule has 1 N–H and O–H groups in total. The van der Waals surface area contributed by atoms with Crippen molar-refractivity contribution >= 4 is 39.1 Å². The van der Waals surface area contributed by atoms with Crippen molar-refractivity contribution in [2.75, 3.05) is 24.0 Å². The predicted molar refractivity (Wildman–Crippen MR) is 153 cm³/mol. The Labute approximate surface area is 235 Å². The standard InChI is InChI=1S/C29H34ClN3O5S/c1-5-31-29(35)22(4)32(19-23-9-11-24(30)12-10-23)28(34)20-33(25-13-15-26(16-14-25)38-6-2)39(36,37)27-17-7-21(3)8-18-27/h7-18,22H,5-6,19-20H2,1-4H3,(H,31,35)/t22-/m1/s1. The summed E-state index contributed by atoms with van der Waals surface area (Å²) < 4.78 is 34.3. The third-order valence-corrected chi connectivity index (χ3v) is 8.15. The largest absolute Gasteiger partial charge is 0.494 e. The van der Waals surface area contributed by atoms with Crippen LogP contribution in [0.2, 0.25) is 5.02 Å². The molecule has 3 aromatic carbocycles. The van der Waals surface area contributed by atoms with Gasteiger partial charge in [0, 0.05) is 18.1 Å². The number of hydrogen-bond donors (Lipinski definition) is 1. The number of carbonyl (C=O) groups is 2. The second-order valence-electron chi connectivity index (χ2n) is 8.97. The molecule has 0 aliphatic carbocycles. The molecular weight excluding hydrogens is 538 g/mol. The number of amides is 2. The first-order valence-corrected chi connectivity index (χ1v) is 14.5. The average Bonchev–Trinajstić information content (AvgIpc) is 2.92. The molecule has 0 aromatic heterocycles. The maximum absolute atomic E-state index is 13.8. The Morgan fingerprint density at radius 2 is 1.56 bits per heavy atom. The molecule has 208 valence electrons. The van der Waals surface area contributed by atoms with E-state index in [4.69, 9.17) is 16.3 Å². The smallest absolute Gasteiger partial charge is 0.264 e. The number of rotatable bonds is 12. The number of halogens is 1. The van der Waals surface area contributed by atoms with Crippen LogP contribution in [0.15, 0.2) is 77.7 Å². The molecule has 39 heavy (non-hydrogen) atoms. The molecule has 2 amide bonds. The van der Waals surface area contributed by atoms with Gasteiger partial charge in [-0.05, 0) is 81.8 Å². The number of benzene rings is 3. The number of hydrogen-bond acceptors (Lipinski definition) is 5. The van der Waals surface area contributed by atoms with Gasteiger partial charge in [0.25, 0.3) is 10.0 Å².